The maximum Gasteiger partial charge on any atom is 0.356 e. The van der Waals surface area contributed by atoms with Crippen LogP contribution in [0.3, 0.4) is 0 Å². The minimum atomic E-state index is -2.64. The minimum Gasteiger partial charge on any atom is -1.00 e. The number of amides is 2. The van der Waals surface area contributed by atoms with Gasteiger partial charge in [0.15, 0.2) is 16.9 Å². The van der Waals surface area contributed by atoms with Crippen molar-refractivity contribution in [3.05, 3.63) is 293 Å². The van der Waals surface area contributed by atoms with Gasteiger partial charge in [0.1, 0.15) is 57.1 Å². The Morgan fingerprint density at radius 2 is 1.06 bits per heavy atom. The summed E-state index contributed by atoms with van der Waals surface area (Å²) in [6.07, 6.45) is -0.422. The number of carbonyl (C=O) groups excluding carboxylic acids is 4. The Labute approximate surface area is 533 Å². The number of esters is 2. The number of oxime groups is 1. The number of carbonyl (C=O) groups is 4. The number of nitrogens with zero attached hydrogens (tertiary/aromatic N) is 3. The van der Waals surface area contributed by atoms with Crippen LogP contribution in [-0.2, 0) is 39.0 Å². The predicted molar refractivity (Wildman–Crippen MR) is 345 cm³/mol. The molecular formula is C71H65IN5O7PS2. The minimum absolute atomic E-state index is 0. The van der Waals surface area contributed by atoms with E-state index in [9.17, 15) is 4.79 Å². The average molecular weight is 1320 g/mol. The fourth-order valence-corrected chi connectivity index (χ4v) is 17.6. The molecule has 87 heavy (non-hydrogen) atoms. The number of aromatic nitrogens is 1. The zero-order chi connectivity index (χ0) is 59.9. The van der Waals surface area contributed by atoms with E-state index in [0.717, 1.165) is 49.3 Å². The van der Waals surface area contributed by atoms with E-state index in [4.69, 9.17) is 19.3 Å². The highest BCUT2D eigenvalue weighted by Crippen LogP contribution is 2.58. The first-order valence-electron chi connectivity index (χ1n) is 28.4. The molecule has 0 spiro atoms. The van der Waals surface area contributed by atoms with Crippen molar-refractivity contribution in [3.63, 3.8) is 0 Å². The SMILES string of the molecule is CC(C)(C)OC(=O)C(C)(C)O/N=C(\C(=O)NC1C(=O)N2C(C(=O)OC(c3ccccc3)c3ccccc3)=C(C[P+](c3ccccc3)(c3ccccc3)c3ccccc3)CS[C@H]12)c1csc(NC(c2ccccc2)(c2ccccc2)c2ccccc2)n1.[I-]. The first-order chi connectivity index (χ1) is 41.7. The molecule has 2 amide bonds. The Bertz CT molecular complexity index is 3670. The topological polar surface area (TPSA) is 149 Å². The predicted octanol–water partition coefficient (Wildman–Crippen LogP) is 9.37. The van der Waals surface area contributed by atoms with E-state index < -0.39 is 65.3 Å². The van der Waals surface area contributed by atoms with Crippen LogP contribution in [0.1, 0.15) is 74.2 Å². The van der Waals surface area contributed by atoms with Crippen LogP contribution in [0.2, 0.25) is 0 Å². The Morgan fingerprint density at radius 1 is 0.632 bits per heavy atom. The number of β-lactam (4-membered cyclic amide) rings is 1. The van der Waals surface area contributed by atoms with E-state index >= 15 is 14.4 Å². The van der Waals surface area contributed by atoms with Crippen molar-refractivity contribution in [2.45, 2.75) is 68.9 Å². The van der Waals surface area contributed by atoms with E-state index in [1.165, 1.54) is 41.8 Å². The van der Waals surface area contributed by atoms with Crippen LogP contribution >= 0.6 is 30.4 Å². The number of benzene rings is 8. The standard InChI is InChI=1S/C71H64N5O7PS2.HI/c1-69(2,3)82-67(80)70(4,5)83-75-59(58-48-86-68(72-58)74-71(52-34-18-8-19-35-52,53-36-20-9-21-37-53)54-38-22-10-23-39-54)63(77)73-60-64(78)76-61(66(79)81-62(49-30-14-6-15-31-49)50-32-16-7-17-33-50)51(47-85-65(60)76)46-84(55-40-24-11-25-41-55,56-42-26-12-27-43-56)57-44-28-13-29-45-57;/h6-45,48,60,62,65H,46-47H2,1-5H3,(H-,72,73,74,77);1H/b75-59-;/t60?,65-;/m1./s1. The van der Waals surface area contributed by atoms with Crippen molar-refractivity contribution >= 4 is 80.9 Å². The molecular weight excluding hydrogens is 1260 g/mol. The summed E-state index contributed by atoms with van der Waals surface area (Å²) < 4.78 is 12.4. The Kier molecular flexibility index (Phi) is 19.1. The molecule has 0 saturated carbocycles. The molecule has 2 atom stereocenters. The summed E-state index contributed by atoms with van der Waals surface area (Å²) in [5.41, 5.74) is 1.51. The second kappa shape index (κ2) is 26.8. The van der Waals surface area contributed by atoms with Crippen LogP contribution in [0.5, 0.6) is 0 Å². The molecule has 1 unspecified atom stereocenters. The Morgan fingerprint density at radius 3 is 1.49 bits per heavy atom. The molecule has 0 aliphatic carbocycles. The number of hydrogen-bond acceptors (Lipinski definition) is 12. The van der Waals surface area contributed by atoms with Gasteiger partial charge in [-0.1, -0.05) is 211 Å². The number of thioether (sulfide) groups is 1. The second-order valence-corrected chi connectivity index (χ2v) is 27.9. The normalized spacial score (nSPS) is 15.3. The lowest BCUT2D eigenvalue weighted by atomic mass is 9.77. The molecule has 440 valence electrons. The molecule has 0 radical (unpaired) electrons. The number of anilines is 1. The monoisotopic (exact) mass is 1320 g/mol. The number of halogens is 1. The molecule has 1 aromatic heterocycles. The molecule has 3 heterocycles. The van der Waals surface area contributed by atoms with Gasteiger partial charge in [0.2, 0.25) is 5.60 Å². The van der Waals surface area contributed by atoms with Crippen molar-refractivity contribution in [3.8, 4) is 0 Å². The summed E-state index contributed by atoms with van der Waals surface area (Å²) in [5.74, 6) is -2.38. The lowest BCUT2D eigenvalue weighted by molar-refractivity contribution is -0.179. The molecule has 1 saturated heterocycles. The van der Waals surface area contributed by atoms with E-state index in [1.807, 2.05) is 170 Å². The van der Waals surface area contributed by atoms with E-state index in [2.05, 4.69) is 88.6 Å². The molecule has 2 aliphatic rings. The van der Waals surface area contributed by atoms with Gasteiger partial charge in [-0.05, 0) is 98.8 Å². The molecule has 0 bridgehead atoms. The maximum absolute atomic E-state index is 15.7. The van der Waals surface area contributed by atoms with Gasteiger partial charge in [0.25, 0.3) is 11.8 Å². The third-order valence-electron chi connectivity index (χ3n) is 15.1. The van der Waals surface area contributed by atoms with Gasteiger partial charge in [-0.3, -0.25) is 14.5 Å². The summed E-state index contributed by atoms with van der Waals surface area (Å²) >= 11 is 2.71. The van der Waals surface area contributed by atoms with E-state index in [-0.39, 0.29) is 41.1 Å². The van der Waals surface area contributed by atoms with Crippen LogP contribution in [0.15, 0.2) is 264 Å². The third-order valence-corrected chi connectivity index (χ3v) is 21.6. The third kappa shape index (κ3) is 13.1. The zero-order valence-electron chi connectivity index (χ0n) is 48.7. The highest BCUT2D eigenvalue weighted by atomic mass is 127. The van der Waals surface area contributed by atoms with Crippen LogP contribution in [0, 0.1) is 0 Å². The summed E-state index contributed by atoms with van der Waals surface area (Å²) in [6.45, 7) is 8.25. The maximum atomic E-state index is 15.7. The van der Waals surface area contributed by atoms with Gasteiger partial charge in [0, 0.05) is 16.7 Å². The highest BCUT2D eigenvalue weighted by molar-refractivity contribution is 8.00. The first-order valence-corrected chi connectivity index (χ1v) is 32.3. The van der Waals surface area contributed by atoms with Crippen molar-refractivity contribution < 1.29 is 57.5 Å². The fourth-order valence-electron chi connectivity index (χ4n) is 11.0. The van der Waals surface area contributed by atoms with Crippen LogP contribution in [-0.4, -0.2) is 73.9 Å². The summed E-state index contributed by atoms with van der Waals surface area (Å²) in [6, 6.07) is 79.3. The number of hydrogen-bond donors (Lipinski definition) is 2. The summed E-state index contributed by atoms with van der Waals surface area (Å²) in [7, 11) is -2.64. The van der Waals surface area contributed by atoms with Crippen LogP contribution in [0.4, 0.5) is 5.13 Å². The quantitative estimate of drug-likeness (QED) is 0.0144. The largest absolute Gasteiger partial charge is 1.00 e. The van der Waals surface area contributed by atoms with Crippen molar-refractivity contribution in [1.82, 2.24) is 15.2 Å². The van der Waals surface area contributed by atoms with Gasteiger partial charge in [0.05, 0.1) is 6.16 Å². The Hall–Kier alpha value is -8.21. The summed E-state index contributed by atoms with van der Waals surface area (Å²) in [4.78, 5) is 72.5. The van der Waals surface area contributed by atoms with Gasteiger partial charge in [-0.15, -0.1) is 23.1 Å². The number of nitrogens with one attached hydrogen (secondary N) is 2. The zero-order valence-corrected chi connectivity index (χ0v) is 53.3. The summed E-state index contributed by atoms with van der Waals surface area (Å²) in [5, 5.41) is 15.9. The van der Waals surface area contributed by atoms with Crippen molar-refractivity contribution in [2.75, 3.05) is 17.2 Å². The molecule has 2 N–H and O–H groups in total. The molecule has 16 heteroatoms. The van der Waals surface area contributed by atoms with Crippen molar-refractivity contribution in [2.24, 2.45) is 5.16 Å². The smallest absolute Gasteiger partial charge is 0.356 e. The first kappa shape index (κ1) is 61.9. The fraction of sp³-hybridized carbons (Fsp3) is 0.183. The van der Waals surface area contributed by atoms with Crippen LogP contribution < -0.4 is 50.5 Å². The van der Waals surface area contributed by atoms with Crippen LogP contribution in [0.25, 0.3) is 0 Å². The second-order valence-electron chi connectivity index (χ2n) is 22.4. The average Bonchev–Trinajstić information content (AvgIpc) is 0.819. The molecule has 9 aromatic rings. The highest BCUT2D eigenvalue weighted by Gasteiger charge is 2.57. The molecule has 8 aromatic carbocycles. The molecule has 1 fully saturated rings. The number of ether oxygens (including phenoxy) is 2. The van der Waals surface area contributed by atoms with Crippen molar-refractivity contribution in [1.29, 1.82) is 0 Å². The van der Waals surface area contributed by atoms with Gasteiger partial charge in [-0.25, -0.2) is 14.6 Å². The van der Waals surface area contributed by atoms with Gasteiger partial charge < -0.3 is 48.9 Å². The molecule has 2 aliphatic heterocycles. The number of thiazole rings is 1. The van der Waals surface area contributed by atoms with E-state index in [1.54, 1.807) is 26.2 Å². The van der Waals surface area contributed by atoms with Gasteiger partial charge in [-0.2, -0.15) is 0 Å². The molecule has 12 nitrogen and oxygen atoms in total. The lowest BCUT2D eigenvalue weighted by Crippen LogP contribution is -3.00. The van der Waals surface area contributed by atoms with Gasteiger partial charge >= 0.3 is 11.9 Å². The molecule has 11 rings (SSSR count). The van der Waals surface area contributed by atoms with E-state index in [0.29, 0.717) is 17.0 Å². The number of fused-ring (bicyclic) bond motifs is 1. The Balaban J connectivity index is 0.00000838. The number of rotatable bonds is 20. The lowest BCUT2D eigenvalue weighted by Gasteiger charge is -2.50.